The van der Waals surface area contributed by atoms with E-state index in [-0.39, 0.29) is 0 Å². The second-order valence-corrected chi connectivity index (χ2v) is 5.07. The highest BCUT2D eigenvalue weighted by Gasteiger charge is 2.13. The Bertz CT molecular complexity index is 405. The van der Waals surface area contributed by atoms with E-state index in [9.17, 15) is 9.90 Å². The first kappa shape index (κ1) is 15.5. The molecule has 0 saturated heterocycles. The minimum atomic E-state index is -0.883. The fourth-order valence-electron chi connectivity index (χ4n) is 2.07. The third kappa shape index (κ3) is 5.30. The van der Waals surface area contributed by atoms with Gasteiger partial charge in [-0.05, 0) is 45.6 Å². The van der Waals surface area contributed by atoms with Gasteiger partial charge in [-0.1, -0.05) is 25.5 Å². The van der Waals surface area contributed by atoms with Crippen molar-refractivity contribution >= 4 is 11.7 Å². The Morgan fingerprint density at radius 2 is 2.00 bits per heavy atom. The predicted molar refractivity (Wildman–Crippen MR) is 78.9 cm³/mol. The van der Waals surface area contributed by atoms with Gasteiger partial charge in [-0.3, -0.25) is 0 Å². The number of nitrogens with one attached hydrogen (secondary N) is 1. The number of rotatable bonds is 8. The molecule has 1 aromatic rings. The summed E-state index contributed by atoms with van der Waals surface area (Å²) >= 11 is 0. The SMILES string of the molecule is CCCC(CCN(C)C)Nc1ccccc1C(=O)O. The summed E-state index contributed by atoms with van der Waals surface area (Å²) < 4.78 is 0. The van der Waals surface area contributed by atoms with Crippen LogP contribution in [0, 0.1) is 0 Å². The minimum Gasteiger partial charge on any atom is -0.478 e. The van der Waals surface area contributed by atoms with Crippen molar-refractivity contribution in [2.75, 3.05) is 26.0 Å². The fraction of sp³-hybridized carbons (Fsp3) is 0.533. The number of carbonyl (C=O) groups is 1. The van der Waals surface area contributed by atoms with E-state index in [0.717, 1.165) is 25.8 Å². The second-order valence-electron chi connectivity index (χ2n) is 5.07. The molecular formula is C15H24N2O2. The van der Waals surface area contributed by atoms with Crippen LogP contribution in [0.1, 0.15) is 36.5 Å². The van der Waals surface area contributed by atoms with Gasteiger partial charge in [-0.2, -0.15) is 0 Å². The highest BCUT2D eigenvalue weighted by atomic mass is 16.4. The van der Waals surface area contributed by atoms with E-state index in [0.29, 0.717) is 17.3 Å². The Hall–Kier alpha value is -1.55. The van der Waals surface area contributed by atoms with Crippen molar-refractivity contribution in [2.24, 2.45) is 0 Å². The number of aromatic carboxylic acids is 1. The van der Waals surface area contributed by atoms with E-state index in [1.807, 2.05) is 26.2 Å². The molecule has 1 aromatic carbocycles. The van der Waals surface area contributed by atoms with Crippen LogP contribution in [-0.4, -0.2) is 42.7 Å². The van der Waals surface area contributed by atoms with E-state index < -0.39 is 5.97 Å². The van der Waals surface area contributed by atoms with Crippen molar-refractivity contribution in [2.45, 2.75) is 32.2 Å². The monoisotopic (exact) mass is 264 g/mol. The first-order valence-electron chi connectivity index (χ1n) is 6.78. The average Bonchev–Trinajstić information content (AvgIpc) is 2.36. The van der Waals surface area contributed by atoms with Gasteiger partial charge in [0.1, 0.15) is 0 Å². The Morgan fingerprint density at radius 3 is 2.58 bits per heavy atom. The van der Waals surface area contributed by atoms with E-state index >= 15 is 0 Å². The highest BCUT2D eigenvalue weighted by Crippen LogP contribution is 2.18. The zero-order chi connectivity index (χ0) is 14.3. The summed E-state index contributed by atoms with van der Waals surface area (Å²) in [5.41, 5.74) is 1.06. The van der Waals surface area contributed by atoms with Gasteiger partial charge >= 0.3 is 5.97 Å². The van der Waals surface area contributed by atoms with Crippen LogP contribution in [0.25, 0.3) is 0 Å². The van der Waals surface area contributed by atoms with Crippen LogP contribution in [0.4, 0.5) is 5.69 Å². The molecule has 1 unspecified atom stereocenters. The second kappa shape index (κ2) is 7.79. The Morgan fingerprint density at radius 1 is 1.32 bits per heavy atom. The van der Waals surface area contributed by atoms with Crippen LogP contribution < -0.4 is 5.32 Å². The predicted octanol–water partition coefficient (Wildman–Crippen LogP) is 2.92. The summed E-state index contributed by atoms with van der Waals surface area (Å²) in [5.74, 6) is -0.883. The summed E-state index contributed by atoms with van der Waals surface area (Å²) in [7, 11) is 4.10. The minimum absolute atomic E-state index is 0.313. The van der Waals surface area contributed by atoms with Gasteiger partial charge < -0.3 is 15.3 Å². The summed E-state index contributed by atoms with van der Waals surface area (Å²) in [4.78, 5) is 13.3. The van der Waals surface area contributed by atoms with Gasteiger partial charge in [0, 0.05) is 11.7 Å². The van der Waals surface area contributed by atoms with Gasteiger partial charge in [0.2, 0.25) is 0 Å². The smallest absolute Gasteiger partial charge is 0.337 e. The summed E-state index contributed by atoms with van der Waals surface area (Å²) in [5, 5.41) is 12.6. The van der Waals surface area contributed by atoms with Crippen molar-refractivity contribution in [3.63, 3.8) is 0 Å². The van der Waals surface area contributed by atoms with E-state index in [1.54, 1.807) is 12.1 Å². The van der Waals surface area contributed by atoms with Crippen LogP contribution >= 0.6 is 0 Å². The molecule has 0 radical (unpaired) electrons. The Labute approximate surface area is 115 Å². The molecular weight excluding hydrogens is 240 g/mol. The van der Waals surface area contributed by atoms with Crippen molar-refractivity contribution in [3.05, 3.63) is 29.8 Å². The maximum Gasteiger partial charge on any atom is 0.337 e. The Balaban J connectivity index is 2.75. The van der Waals surface area contributed by atoms with Crippen molar-refractivity contribution in [1.29, 1.82) is 0 Å². The van der Waals surface area contributed by atoms with E-state index in [2.05, 4.69) is 17.1 Å². The zero-order valence-electron chi connectivity index (χ0n) is 12.0. The summed E-state index contributed by atoms with van der Waals surface area (Å²) in [6.45, 7) is 3.14. The lowest BCUT2D eigenvalue weighted by molar-refractivity contribution is 0.0698. The first-order chi connectivity index (χ1) is 9.04. The first-order valence-corrected chi connectivity index (χ1v) is 6.78. The zero-order valence-corrected chi connectivity index (χ0v) is 12.0. The standard InChI is InChI=1S/C15H24N2O2/c1-4-7-12(10-11-17(2)3)16-14-9-6-5-8-13(14)15(18)19/h5-6,8-9,12,16H,4,7,10-11H2,1-3H3,(H,18,19). The van der Waals surface area contributed by atoms with E-state index in [1.165, 1.54) is 0 Å². The van der Waals surface area contributed by atoms with Gasteiger partial charge in [-0.15, -0.1) is 0 Å². The number of hydrogen-bond acceptors (Lipinski definition) is 3. The molecule has 2 N–H and O–H groups in total. The Kier molecular flexibility index (Phi) is 6.36. The summed E-state index contributed by atoms with van der Waals surface area (Å²) in [6, 6.07) is 7.40. The number of nitrogens with zero attached hydrogens (tertiary/aromatic N) is 1. The molecule has 0 aromatic heterocycles. The molecule has 0 heterocycles. The average molecular weight is 264 g/mol. The molecule has 0 bridgehead atoms. The number of carboxylic acids is 1. The van der Waals surface area contributed by atoms with Crippen molar-refractivity contribution in [1.82, 2.24) is 4.90 Å². The molecule has 1 atom stereocenters. The largest absolute Gasteiger partial charge is 0.478 e. The molecule has 1 rings (SSSR count). The molecule has 19 heavy (non-hydrogen) atoms. The lowest BCUT2D eigenvalue weighted by Gasteiger charge is -2.22. The molecule has 106 valence electrons. The topological polar surface area (TPSA) is 52.6 Å². The molecule has 0 aliphatic rings. The van der Waals surface area contributed by atoms with Gasteiger partial charge in [-0.25, -0.2) is 4.79 Å². The molecule has 4 nitrogen and oxygen atoms in total. The maximum atomic E-state index is 11.2. The van der Waals surface area contributed by atoms with Crippen LogP contribution in [0.2, 0.25) is 0 Å². The van der Waals surface area contributed by atoms with Crippen molar-refractivity contribution < 1.29 is 9.90 Å². The molecule has 0 saturated carbocycles. The summed E-state index contributed by atoms with van der Waals surface area (Å²) in [6.07, 6.45) is 3.14. The van der Waals surface area contributed by atoms with Crippen molar-refractivity contribution in [3.8, 4) is 0 Å². The molecule has 0 amide bonds. The number of hydrogen-bond donors (Lipinski definition) is 2. The van der Waals surface area contributed by atoms with Gasteiger partial charge in [0.05, 0.1) is 5.56 Å². The quantitative estimate of drug-likeness (QED) is 0.758. The lowest BCUT2D eigenvalue weighted by Crippen LogP contribution is -2.26. The highest BCUT2D eigenvalue weighted by molar-refractivity contribution is 5.94. The van der Waals surface area contributed by atoms with Crippen LogP contribution in [0.3, 0.4) is 0 Å². The third-order valence-electron chi connectivity index (χ3n) is 3.08. The molecule has 0 aliphatic heterocycles. The maximum absolute atomic E-state index is 11.2. The van der Waals surface area contributed by atoms with Gasteiger partial charge in [0.15, 0.2) is 0 Å². The van der Waals surface area contributed by atoms with Crippen LogP contribution in [0.5, 0.6) is 0 Å². The number of benzene rings is 1. The number of para-hydroxylation sites is 1. The molecule has 0 aliphatic carbocycles. The lowest BCUT2D eigenvalue weighted by atomic mass is 10.1. The molecule has 0 fully saturated rings. The normalized spacial score (nSPS) is 12.4. The number of carboxylic acid groups (broad SMARTS) is 1. The number of anilines is 1. The molecule has 0 spiro atoms. The van der Waals surface area contributed by atoms with Crippen LogP contribution in [0.15, 0.2) is 24.3 Å². The van der Waals surface area contributed by atoms with E-state index in [4.69, 9.17) is 0 Å². The fourth-order valence-corrected chi connectivity index (χ4v) is 2.07. The van der Waals surface area contributed by atoms with Crippen LogP contribution in [-0.2, 0) is 0 Å². The molecule has 4 heteroatoms. The third-order valence-corrected chi connectivity index (χ3v) is 3.08. The van der Waals surface area contributed by atoms with Gasteiger partial charge in [0.25, 0.3) is 0 Å².